The number of esters is 1. The summed E-state index contributed by atoms with van der Waals surface area (Å²) in [4.78, 5) is 27.3. The third-order valence-corrected chi connectivity index (χ3v) is 6.30. The van der Waals surface area contributed by atoms with Gasteiger partial charge in [-0.25, -0.2) is 4.79 Å². The lowest BCUT2D eigenvalue weighted by Gasteiger charge is -2.27. The average Bonchev–Trinajstić information content (AvgIpc) is 2.91. The Morgan fingerprint density at radius 1 is 1.29 bits per heavy atom. The van der Waals surface area contributed by atoms with Crippen molar-refractivity contribution in [3.8, 4) is 0 Å². The molecule has 0 aromatic carbocycles. The van der Waals surface area contributed by atoms with E-state index in [1.54, 1.807) is 11.3 Å². The predicted octanol–water partition coefficient (Wildman–Crippen LogP) is 1.67. The summed E-state index contributed by atoms with van der Waals surface area (Å²) in [7, 11) is 1.40. The molecular formula is C18H27N2O3S+. The second kappa shape index (κ2) is 7.66. The molecule has 1 aromatic rings. The molecule has 1 fully saturated rings. The molecule has 2 heterocycles. The highest BCUT2D eigenvalue weighted by Gasteiger charge is 2.28. The number of anilines is 1. The Labute approximate surface area is 147 Å². The zero-order valence-corrected chi connectivity index (χ0v) is 15.4. The van der Waals surface area contributed by atoms with E-state index < -0.39 is 0 Å². The molecule has 0 radical (unpaired) electrons. The maximum Gasteiger partial charge on any atom is 0.341 e. The largest absolute Gasteiger partial charge is 0.465 e. The monoisotopic (exact) mass is 351 g/mol. The van der Waals surface area contributed by atoms with Gasteiger partial charge in [0.25, 0.3) is 5.91 Å². The summed E-state index contributed by atoms with van der Waals surface area (Å²) in [5.41, 5.74) is 1.68. The normalized spacial score (nSPS) is 23.4. The fourth-order valence-electron chi connectivity index (χ4n) is 3.93. The van der Waals surface area contributed by atoms with Gasteiger partial charge in [-0.15, -0.1) is 11.3 Å². The standard InChI is InChI=1S/C18H26N2O3S/c1-12-6-5-9-20(10-12)11-15(21)19-17-16(18(22)23-2)13-7-3-4-8-14(13)24-17/h12H,3-11H2,1-2H3,(H,19,21)/p+1/t12-/m1/s1. The van der Waals surface area contributed by atoms with E-state index in [0.717, 1.165) is 44.3 Å². The molecule has 0 spiro atoms. The van der Waals surface area contributed by atoms with E-state index in [9.17, 15) is 9.59 Å². The van der Waals surface area contributed by atoms with Crippen LogP contribution in [0.5, 0.6) is 0 Å². The molecule has 1 aliphatic carbocycles. The Morgan fingerprint density at radius 2 is 2.08 bits per heavy atom. The number of ether oxygens (including phenoxy) is 1. The van der Waals surface area contributed by atoms with Crippen molar-refractivity contribution in [1.29, 1.82) is 0 Å². The minimum Gasteiger partial charge on any atom is -0.465 e. The second-order valence-corrected chi connectivity index (χ2v) is 8.19. The van der Waals surface area contributed by atoms with E-state index in [0.29, 0.717) is 23.0 Å². The first-order valence-corrected chi connectivity index (χ1v) is 9.76. The van der Waals surface area contributed by atoms with Crippen LogP contribution in [0.4, 0.5) is 5.00 Å². The number of piperidine rings is 1. The minimum atomic E-state index is -0.330. The lowest BCUT2D eigenvalue weighted by atomic mass is 9.95. The van der Waals surface area contributed by atoms with Gasteiger partial charge < -0.3 is 15.0 Å². The van der Waals surface area contributed by atoms with Crippen LogP contribution in [0.3, 0.4) is 0 Å². The highest BCUT2D eigenvalue weighted by Crippen LogP contribution is 2.38. The zero-order valence-electron chi connectivity index (χ0n) is 14.6. The van der Waals surface area contributed by atoms with Crippen molar-refractivity contribution in [2.75, 3.05) is 32.1 Å². The first kappa shape index (κ1) is 17.4. The SMILES string of the molecule is COC(=O)c1c(NC(=O)C[NH+]2CCC[C@@H](C)C2)sc2c1CCCC2. The Bertz CT molecular complexity index is 626. The Balaban J connectivity index is 1.73. The topological polar surface area (TPSA) is 59.8 Å². The van der Waals surface area contributed by atoms with E-state index in [4.69, 9.17) is 4.74 Å². The van der Waals surface area contributed by atoms with Crippen molar-refractivity contribution in [3.05, 3.63) is 16.0 Å². The number of fused-ring (bicyclic) bond motifs is 1. The first-order valence-electron chi connectivity index (χ1n) is 8.94. The summed E-state index contributed by atoms with van der Waals surface area (Å²) >= 11 is 1.55. The molecule has 0 bridgehead atoms. The molecule has 24 heavy (non-hydrogen) atoms. The van der Waals surface area contributed by atoms with E-state index >= 15 is 0 Å². The van der Waals surface area contributed by atoms with Crippen molar-refractivity contribution in [3.63, 3.8) is 0 Å². The molecule has 1 aromatic heterocycles. The van der Waals surface area contributed by atoms with Gasteiger partial charge in [0.05, 0.1) is 25.8 Å². The first-order chi connectivity index (χ1) is 11.6. The lowest BCUT2D eigenvalue weighted by molar-refractivity contribution is -0.900. The van der Waals surface area contributed by atoms with Crippen LogP contribution < -0.4 is 10.2 Å². The summed E-state index contributed by atoms with van der Waals surface area (Å²) in [5.74, 6) is 0.354. The lowest BCUT2D eigenvalue weighted by Crippen LogP contribution is -3.14. The minimum absolute atomic E-state index is 0.00264. The van der Waals surface area contributed by atoms with Crippen molar-refractivity contribution >= 4 is 28.2 Å². The van der Waals surface area contributed by atoms with Crippen LogP contribution in [-0.2, 0) is 22.4 Å². The molecule has 5 nitrogen and oxygen atoms in total. The van der Waals surface area contributed by atoms with Gasteiger partial charge >= 0.3 is 5.97 Å². The molecule has 132 valence electrons. The Hall–Kier alpha value is -1.40. The number of hydrogen-bond acceptors (Lipinski definition) is 4. The molecule has 1 unspecified atom stereocenters. The van der Waals surface area contributed by atoms with Gasteiger partial charge in [-0.2, -0.15) is 0 Å². The molecule has 2 N–H and O–H groups in total. The van der Waals surface area contributed by atoms with Crippen LogP contribution >= 0.6 is 11.3 Å². The van der Waals surface area contributed by atoms with E-state index in [1.165, 1.54) is 29.7 Å². The van der Waals surface area contributed by atoms with Crippen molar-refractivity contribution in [2.45, 2.75) is 45.4 Å². The van der Waals surface area contributed by atoms with Crippen molar-refractivity contribution in [2.24, 2.45) is 5.92 Å². The number of hydrogen-bond donors (Lipinski definition) is 2. The van der Waals surface area contributed by atoms with E-state index in [-0.39, 0.29) is 11.9 Å². The maximum absolute atomic E-state index is 12.5. The smallest absolute Gasteiger partial charge is 0.341 e. The number of thiophene rings is 1. The molecule has 1 aliphatic heterocycles. The number of quaternary nitrogens is 1. The molecule has 1 amide bonds. The van der Waals surface area contributed by atoms with Crippen molar-refractivity contribution in [1.82, 2.24) is 0 Å². The van der Waals surface area contributed by atoms with Gasteiger partial charge in [0, 0.05) is 10.8 Å². The maximum atomic E-state index is 12.5. The second-order valence-electron chi connectivity index (χ2n) is 7.08. The number of nitrogens with one attached hydrogen (secondary N) is 2. The number of carbonyl (C=O) groups is 2. The Morgan fingerprint density at radius 3 is 2.83 bits per heavy atom. The molecule has 2 atom stereocenters. The molecule has 6 heteroatoms. The fourth-order valence-corrected chi connectivity index (χ4v) is 5.22. The molecule has 0 saturated carbocycles. The van der Waals surface area contributed by atoms with Gasteiger partial charge in [0.2, 0.25) is 0 Å². The van der Waals surface area contributed by atoms with Gasteiger partial charge in [-0.05, 0) is 44.1 Å². The fraction of sp³-hybridized carbons (Fsp3) is 0.667. The summed E-state index contributed by atoms with van der Waals surface area (Å²) in [5, 5.41) is 3.69. The van der Waals surface area contributed by atoms with Crippen LogP contribution in [0.2, 0.25) is 0 Å². The molecular weight excluding hydrogens is 324 g/mol. The summed E-state index contributed by atoms with van der Waals surface area (Å²) in [6.07, 6.45) is 6.59. The number of rotatable bonds is 4. The van der Waals surface area contributed by atoms with Crippen LogP contribution in [-0.4, -0.2) is 38.6 Å². The van der Waals surface area contributed by atoms with Gasteiger partial charge in [0.1, 0.15) is 5.00 Å². The third-order valence-electron chi connectivity index (χ3n) is 5.09. The van der Waals surface area contributed by atoms with Crippen LogP contribution in [0.1, 0.15) is 53.4 Å². The summed E-state index contributed by atoms with van der Waals surface area (Å²) < 4.78 is 4.96. The number of aryl methyl sites for hydroxylation is 1. The van der Waals surface area contributed by atoms with Crippen molar-refractivity contribution < 1.29 is 19.2 Å². The Kier molecular flexibility index (Phi) is 5.56. The highest BCUT2D eigenvalue weighted by molar-refractivity contribution is 7.17. The number of amides is 1. The van der Waals surface area contributed by atoms with Gasteiger partial charge in [-0.1, -0.05) is 6.92 Å². The van der Waals surface area contributed by atoms with E-state index in [1.807, 2.05) is 0 Å². The summed E-state index contributed by atoms with van der Waals surface area (Å²) in [6.45, 7) is 4.84. The van der Waals surface area contributed by atoms with Gasteiger partial charge in [-0.3, -0.25) is 4.79 Å². The molecule has 1 saturated heterocycles. The molecule has 3 rings (SSSR count). The number of methoxy groups -OCH3 is 1. The van der Waals surface area contributed by atoms with Crippen LogP contribution in [0, 0.1) is 5.92 Å². The average molecular weight is 351 g/mol. The quantitative estimate of drug-likeness (QED) is 0.811. The third kappa shape index (κ3) is 3.81. The van der Waals surface area contributed by atoms with E-state index in [2.05, 4.69) is 12.2 Å². The zero-order chi connectivity index (χ0) is 17.1. The predicted molar refractivity (Wildman–Crippen MR) is 94.9 cm³/mol. The highest BCUT2D eigenvalue weighted by atomic mass is 32.1. The van der Waals surface area contributed by atoms with Crippen LogP contribution in [0.25, 0.3) is 0 Å². The molecule has 2 aliphatic rings. The number of carbonyl (C=O) groups excluding carboxylic acids is 2. The van der Waals surface area contributed by atoms with Crippen LogP contribution in [0.15, 0.2) is 0 Å². The summed E-state index contributed by atoms with van der Waals surface area (Å²) in [6, 6.07) is 0. The van der Waals surface area contributed by atoms with Gasteiger partial charge in [0.15, 0.2) is 6.54 Å². The number of likely N-dealkylation sites (tertiary alicyclic amines) is 1.